The summed E-state index contributed by atoms with van der Waals surface area (Å²) in [5.41, 5.74) is -0.821. The van der Waals surface area contributed by atoms with Crippen molar-refractivity contribution in [2.45, 2.75) is 32.0 Å². The third-order valence-corrected chi connectivity index (χ3v) is 3.97. The Balaban J connectivity index is 2.15. The van der Waals surface area contributed by atoms with E-state index in [2.05, 4.69) is 17.2 Å². The van der Waals surface area contributed by atoms with Gasteiger partial charge in [-0.15, -0.1) is 0 Å². The van der Waals surface area contributed by atoms with Gasteiger partial charge in [-0.25, -0.2) is 4.98 Å². The smallest absolute Gasteiger partial charge is 0.356 e. The average Bonchev–Trinajstić information content (AvgIpc) is 2.46. The minimum Gasteiger partial charge on any atom is -0.356 e. The maximum absolute atomic E-state index is 12.7. The van der Waals surface area contributed by atoms with E-state index >= 15 is 0 Å². The van der Waals surface area contributed by atoms with Crippen LogP contribution in [0.3, 0.4) is 0 Å². The molecule has 1 aliphatic heterocycles. The quantitative estimate of drug-likeness (QED) is 0.926. The minimum absolute atomic E-state index is 0.351. The number of aromatic nitrogens is 1. The van der Waals surface area contributed by atoms with Gasteiger partial charge in [-0.2, -0.15) is 13.2 Å². The molecular formula is C14H20F3N3. The van der Waals surface area contributed by atoms with E-state index in [4.69, 9.17) is 0 Å². The molecule has 1 aromatic heterocycles. The molecule has 2 unspecified atom stereocenters. The van der Waals surface area contributed by atoms with Crippen LogP contribution in [0.15, 0.2) is 18.2 Å². The van der Waals surface area contributed by atoms with Gasteiger partial charge < -0.3 is 10.2 Å². The van der Waals surface area contributed by atoms with Gasteiger partial charge in [0.2, 0.25) is 0 Å². The standard InChI is InChI=1S/C14H20F3N3/c1-10(18-2)11-5-4-8-20(9-11)13-7-3-6-12(19-13)14(15,16)17/h3,6-7,10-11,18H,4-5,8-9H2,1-2H3. The molecule has 0 bridgehead atoms. The Morgan fingerprint density at radius 3 is 2.80 bits per heavy atom. The van der Waals surface area contributed by atoms with Crippen molar-refractivity contribution in [1.82, 2.24) is 10.3 Å². The van der Waals surface area contributed by atoms with Crippen LogP contribution in [0.4, 0.5) is 19.0 Å². The van der Waals surface area contributed by atoms with E-state index in [0.29, 0.717) is 17.8 Å². The number of piperidine rings is 1. The van der Waals surface area contributed by atoms with Crippen LogP contribution in [0.5, 0.6) is 0 Å². The second kappa shape index (κ2) is 5.99. The summed E-state index contributed by atoms with van der Waals surface area (Å²) in [6.07, 6.45) is -2.31. The molecule has 1 N–H and O–H groups in total. The number of alkyl halides is 3. The predicted molar refractivity (Wildman–Crippen MR) is 72.7 cm³/mol. The first-order valence-corrected chi connectivity index (χ1v) is 6.88. The van der Waals surface area contributed by atoms with Gasteiger partial charge in [0, 0.05) is 19.1 Å². The molecule has 1 fully saturated rings. The summed E-state index contributed by atoms with van der Waals surface area (Å²) in [6.45, 7) is 3.62. The Labute approximate surface area is 117 Å². The molecule has 1 saturated heterocycles. The number of pyridine rings is 1. The topological polar surface area (TPSA) is 28.2 Å². The van der Waals surface area contributed by atoms with E-state index in [1.54, 1.807) is 6.07 Å². The molecule has 1 aliphatic rings. The fraction of sp³-hybridized carbons (Fsp3) is 0.643. The van der Waals surface area contributed by atoms with Crippen LogP contribution in [0.2, 0.25) is 0 Å². The van der Waals surface area contributed by atoms with E-state index in [9.17, 15) is 13.2 Å². The molecule has 0 aromatic carbocycles. The van der Waals surface area contributed by atoms with Crippen LogP contribution < -0.4 is 10.2 Å². The summed E-state index contributed by atoms with van der Waals surface area (Å²) < 4.78 is 38.1. The van der Waals surface area contributed by atoms with Gasteiger partial charge >= 0.3 is 6.18 Å². The molecule has 0 amide bonds. The number of nitrogens with zero attached hydrogens (tertiary/aromatic N) is 2. The van der Waals surface area contributed by atoms with Gasteiger partial charge in [-0.1, -0.05) is 6.07 Å². The highest BCUT2D eigenvalue weighted by Crippen LogP contribution is 2.30. The van der Waals surface area contributed by atoms with Crippen molar-refractivity contribution in [3.05, 3.63) is 23.9 Å². The zero-order chi connectivity index (χ0) is 14.8. The second-order valence-corrected chi connectivity index (χ2v) is 5.30. The fourth-order valence-electron chi connectivity index (χ4n) is 2.62. The lowest BCUT2D eigenvalue weighted by atomic mass is 9.91. The van der Waals surface area contributed by atoms with E-state index in [1.807, 2.05) is 11.9 Å². The highest BCUT2D eigenvalue weighted by molar-refractivity contribution is 5.40. The molecule has 2 atom stereocenters. The Morgan fingerprint density at radius 1 is 1.40 bits per heavy atom. The van der Waals surface area contributed by atoms with Gasteiger partial charge in [-0.3, -0.25) is 0 Å². The van der Waals surface area contributed by atoms with E-state index in [0.717, 1.165) is 32.0 Å². The average molecular weight is 287 g/mol. The van der Waals surface area contributed by atoms with Gasteiger partial charge in [0.15, 0.2) is 0 Å². The zero-order valence-electron chi connectivity index (χ0n) is 11.7. The molecule has 2 rings (SSSR count). The largest absolute Gasteiger partial charge is 0.433 e. The summed E-state index contributed by atoms with van der Waals surface area (Å²) in [5.74, 6) is 0.859. The molecule has 2 heterocycles. The molecule has 0 radical (unpaired) electrons. The summed E-state index contributed by atoms with van der Waals surface area (Å²) in [7, 11) is 1.91. The van der Waals surface area contributed by atoms with Crippen molar-refractivity contribution in [3.63, 3.8) is 0 Å². The lowest BCUT2D eigenvalue weighted by Crippen LogP contribution is -2.43. The fourth-order valence-corrected chi connectivity index (χ4v) is 2.62. The first-order chi connectivity index (χ1) is 9.41. The minimum atomic E-state index is -4.39. The van der Waals surface area contributed by atoms with Gasteiger partial charge in [0.05, 0.1) is 0 Å². The Kier molecular flexibility index (Phi) is 4.52. The van der Waals surface area contributed by atoms with Gasteiger partial charge in [0.25, 0.3) is 0 Å². The number of rotatable bonds is 3. The maximum Gasteiger partial charge on any atom is 0.433 e. The van der Waals surface area contributed by atoms with Gasteiger partial charge in [0.1, 0.15) is 11.5 Å². The lowest BCUT2D eigenvalue weighted by Gasteiger charge is -2.36. The zero-order valence-corrected chi connectivity index (χ0v) is 11.7. The summed E-state index contributed by atoms with van der Waals surface area (Å²) in [4.78, 5) is 5.72. The second-order valence-electron chi connectivity index (χ2n) is 5.30. The summed E-state index contributed by atoms with van der Waals surface area (Å²) in [5, 5.41) is 3.22. The number of halogens is 3. The van der Waals surface area contributed by atoms with Crippen molar-refractivity contribution in [1.29, 1.82) is 0 Å². The van der Waals surface area contributed by atoms with Crippen molar-refractivity contribution < 1.29 is 13.2 Å². The normalized spacial score (nSPS) is 21.9. The highest BCUT2D eigenvalue weighted by Gasteiger charge is 2.33. The highest BCUT2D eigenvalue weighted by atomic mass is 19.4. The lowest BCUT2D eigenvalue weighted by molar-refractivity contribution is -0.141. The Bertz CT molecular complexity index is 448. The van der Waals surface area contributed by atoms with Crippen LogP contribution in [0, 0.1) is 5.92 Å². The van der Waals surface area contributed by atoms with Crippen LogP contribution in [-0.4, -0.2) is 31.2 Å². The molecular weight excluding hydrogens is 267 g/mol. The number of hydrogen-bond donors (Lipinski definition) is 1. The van der Waals surface area contributed by atoms with Gasteiger partial charge in [-0.05, 0) is 44.9 Å². The Hall–Kier alpha value is -1.30. The number of hydrogen-bond acceptors (Lipinski definition) is 3. The SMILES string of the molecule is CNC(C)C1CCCN(c2cccc(C(F)(F)F)n2)C1. The van der Waals surface area contributed by atoms with Crippen molar-refractivity contribution in [3.8, 4) is 0 Å². The van der Waals surface area contributed by atoms with E-state index in [1.165, 1.54) is 6.07 Å². The van der Waals surface area contributed by atoms with Crippen LogP contribution in [0.1, 0.15) is 25.5 Å². The van der Waals surface area contributed by atoms with Crippen molar-refractivity contribution in [2.24, 2.45) is 5.92 Å². The summed E-state index contributed by atoms with van der Waals surface area (Å²) >= 11 is 0. The number of nitrogens with one attached hydrogen (secondary N) is 1. The third-order valence-electron chi connectivity index (χ3n) is 3.97. The number of anilines is 1. The van der Waals surface area contributed by atoms with E-state index in [-0.39, 0.29) is 0 Å². The maximum atomic E-state index is 12.7. The van der Waals surface area contributed by atoms with Crippen LogP contribution in [-0.2, 0) is 6.18 Å². The molecule has 112 valence electrons. The molecule has 0 saturated carbocycles. The molecule has 3 nitrogen and oxygen atoms in total. The molecule has 6 heteroatoms. The monoisotopic (exact) mass is 287 g/mol. The van der Waals surface area contributed by atoms with Crippen LogP contribution in [0.25, 0.3) is 0 Å². The van der Waals surface area contributed by atoms with E-state index < -0.39 is 11.9 Å². The summed E-state index contributed by atoms with van der Waals surface area (Å²) in [6, 6.07) is 4.45. The molecule has 0 spiro atoms. The predicted octanol–water partition coefficient (Wildman–Crippen LogP) is 2.92. The van der Waals surface area contributed by atoms with Crippen molar-refractivity contribution in [2.75, 3.05) is 25.0 Å². The van der Waals surface area contributed by atoms with Crippen molar-refractivity contribution >= 4 is 5.82 Å². The van der Waals surface area contributed by atoms with Crippen LogP contribution >= 0.6 is 0 Å². The molecule has 1 aromatic rings. The third kappa shape index (κ3) is 3.42. The molecule has 0 aliphatic carbocycles. The first-order valence-electron chi connectivity index (χ1n) is 6.88. The molecule has 20 heavy (non-hydrogen) atoms. The Morgan fingerprint density at radius 2 is 2.15 bits per heavy atom. The first kappa shape index (κ1) is 15.1.